The van der Waals surface area contributed by atoms with Gasteiger partial charge in [0.25, 0.3) is 0 Å². The highest BCUT2D eigenvalue weighted by atomic mass is 19.1. The summed E-state index contributed by atoms with van der Waals surface area (Å²) in [5.41, 5.74) is 1.34. The Morgan fingerprint density at radius 2 is 1.88 bits per heavy atom. The first-order valence-electron chi connectivity index (χ1n) is 13.2. The van der Waals surface area contributed by atoms with Crippen LogP contribution in [0.3, 0.4) is 0 Å². The summed E-state index contributed by atoms with van der Waals surface area (Å²) in [4.78, 5) is 44.8. The maximum atomic E-state index is 15.9. The summed E-state index contributed by atoms with van der Waals surface area (Å²) in [6.45, 7) is 12.0. The lowest BCUT2D eigenvalue weighted by Crippen LogP contribution is -2.45. The van der Waals surface area contributed by atoms with Gasteiger partial charge in [-0.25, -0.2) is 23.7 Å². The number of nitrogens with one attached hydrogen (secondary N) is 1. The number of aliphatic imine (C=N–C) groups is 1. The summed E-state index contributed by atoms with van der Waals surface area (Å²) in [5, 5.41) is 2.67. The van der Waals surface area contributed by atoms with E-state index in [2.05, 4.69) is 31.8 Å². The molecule has 41 heavy (non-hydrogen) atoms. The number of benzene rings is 1. The van der Waals surface area contributed by atoms with E-state index in [1.54, 1.807) is 26.1 Å². The molecule has 2 heterocycles. The average molecular weight is 564 g/mol. The van der Waals surface area contributed by atoms with Crippen LogP contribution in [0.4, 0.5) is 20.3 Å². The molecule has 0 saturated carbocycles. The molecule has 3 rings (SSSR count). The van der Waals surface area contributed by atoms with Crippen LogP contribution in [-0.4, -0.2) is 64.7 Å². The van der Waals surface area contributed by atoms with Crippen LogP contribution in [0.15, 0.2) is 54.3 Å². The van der Waals surface area contributed by atoms with Gasteiger partial charge in [-0.3, -0.25) is 19.5 Å². The van der Waals surface area contributed by atoms with E-state index in [4.69, 9.17) is 0 Å². The maximum Gasteiger partial charge on any atom is 0.220 e. The highest BCUT2D eigenvalue weighted by Gasteiger charge is 2.30. The van der Waals surface area contributed by atoms with Gasteiger partial charge >= 0.3 is 0 Å². The largest absolute Gasteiger partial charge is 0.357 e. The molecule has 0 aliphatic rings. The molecule has 216 valence electrons. The first kappa shape index (κ1) is 31.0. The number of aromatic nitrogens is 3. The number of carbonyl (C=O) groups is 2. The van der Waals surface area contributed by atoms with E-state index >= 15 is 4.39 Å². The fraction of sp³-hybridized carbons (Fsp3) is 0.333. The number of halogens is 2. The van der Waals surface area contributed by atoms with Gasteiger partial charge in [0.1, 0.15) is 29.5 Å². The molecule has 2 aromatic heterocycles. The standard InChI is InChI=1S/C30H35F2N7O2/c1-7-8-13-38(20(4)15-34-17-40)29(33-6)23-14-25(32)27(22-11-9-10-12-24(22)31)37-30(23)39(18-41)28-21(5)35-16-36-26(28)19(2)3/h7,9-12,14,16-20H,1,8,13,15H2,2-6H3,(H,34,40)/b33-29+. The molecule has 9 nitrogen and oxygen atoms in total. The van der Waals surface area contributed by atoms with Crippen molar-refractivity contribution in [1.82, 2.24) is 25.2 Å². The predicted octanol–water partition coefficient (Wildman–Crippen LogP) is 4.93. The second-order valence-electron chi connectivity index (χ2n) is 9.69. The Kier molecular flexibility index (Phi) is 10.7. The topological polar surface area (TPSA) is 104 Å². The van der Waals surface area contributed by atoms with Gasteiger partial charge in [0.2, 0.25) is 12.8 Å². The van der Waals surface area contributed by atoms with Crippen molar-refractivity contribution >= 4 is 30.2 Å². The number of aryl methyl sites for hydroxylation is 1. The number of rotatable bonds is 13. The molecular weight excluding hydrogens is 528 g/mol. The van der Waals surface area contributed by atoms with Crippen LogP contribution >= 0.6 is 0 Å². The third-order valence-electron chi connectivity index (χ3n) is 6.57. The van der Waals surface area contributed by atoms with E-state index in [1.807, 2.05) is 25.7 Å². The zero-order valence-electron chi connectivity index (χ0n) is 23.9. The third-order valence-corrected chi connectivity index (χ3v) is 6.57. The fourth-order valence-electron chi connectivity index (χ4n) is 4.58. The van der Waals surface area contributed by atoms with E-state index in [1.165, 1.54) is 35.5 Å². The van der Waals surface area contributed by atoms with Crippen LogP contribution in [0.2, 0.25) is 0 Å². The summed E-state index contributed by atoms with van der Waals surface area (Å²) in [6, 6.07) is 6.64. The summed E-state index contributed by atoms with van der Waals surface area (Å²) in [6.07, 6.45) is 4.87. The lowest BCUT2D eigenvalue weighted by Gasteiger charge is -2.34. The molecule has 0 saturated heterocycles. The molecular formula is C30H35F2N7O2. The molecule has 1 atom stereocenters. The number of hydrogen-bond donors (Lipinski definition) is 1. The van der Waals surface area contributed by atoms with Crippen molar-refractivity contribution in [3.63, 3.8) is 0 Å². The second kappa shape index (κ2) is 14.2. The van der Waals surface area contributed by atoms with Crippen LogP contribution in [0.1, 0.15) is 50.1 Å². The third kappa shape index (κ3) is 6.79. The van der Waals surface area contributed by atoms with E-state index in [9.17, 15) is 14.0 Å². The smallest absolute Gasteiger partial charge is 0.220 e. The molecule has 1 N–H and O–H groups in total. The van der Waals surface area contributed by atoms with Crippen LogP contribution < -0.4 is 10.2 Å². The average Bonchev–Trinajstić information content (AvgIpc) is 2.96. The van der Waals surface area contributed by atoms with Crippen molar-refractivity contribution in [1.29, 1.82) is 0 Å². The highest BCUT2D eigenvalue weighted by molar-refractivity contribution is 6.06. The summed E-state index contributed by atoms with van der Waals surface area (Å²) in [5.74, 6) is -1.21. The molecule has 0 aliphatic heterocycles. The SMILES string of the molecule is C=CCCN(/C(=N/C)c1cc(F)c(-c2ccccc2F)nc1N(C=O)c1c(C)ncnc1C(C)C)C(C)CNC=O. The van der Waals surface area contributed by atoms with Gasteiger partial charge in [0, 0.05) is 31.7 Å². The number of anilines is 2. The molecule has 1 aromatic carbocycles. The zero-order chi connectivity index (χ0) is 30.1. The van der Waals surface area contributed by atoms with Crippen molar-refractivity contribution in [2.24, 2.45) is 4.99 Å². The second-order valence-corrected chi connectivity index (χ2v) is 9.69. The van der Waals surface area contributed by atoms with Crippen molar-refractivity contribution in [2.45, 2.75) is 46.1 Å². The Morgan fingerprint density at radius 3 is 2.49 bits per heavy atom. The summed E-state index contributed by atoms with van der Waals surface area (Å²) < 4.78 is 30.7. The van der Waals surface area contributed by atoms with E-state index < -0.39 is 11.6 Å². The normalized spacial score (nSPS) is 12.1. The van der Waals surface area contributed by atoms with Gasteiger partial charge in [-0.1, -0.05) is 32.1 Å². The molecule has 0 radical (unpaired) electrons. The minimum Gasteiger partial charge on any atom is -0.357 e. The number of hydrogen-bond acceptors (Lipinski definition) is 6. The van der Waals surface area contributed by atoms with Gasteiger partial charge in [-0.15, -0.1) is 6.58 Å². The Bertz CT molecular complexity index is 1430. The predicted molar refractivity (Wildman–Crippen MR) is 156 cm³/mol. The first-order valence-corrected chi connectivity index (χ1v) is 13.2. The Labute approximate surface area is 239 Å². The molecule has 0 fully saturated rings. The Morgan fingerprint density at radius 1 is 1.15 bits per heavy atom. The lowest BCUT2D eigenvalue weighted by molar-refractivity contribution is -0.109. The fourth-order valence-corrected chi connectivity index (χ4v) is 4.58. The quantitative estimate of drug-likeness (QED) is 0.137. The minimum absolute atomic E-state index is 0.0270. The van der Waals surface area contributed by atoms with Crippen molar-refractivity contribution in [3.05, 3.63) is 77.9 Å². The Balaban J connectivity index is 2.39. The summed E-state index contributed by atoms with van der Waals surface area (Å²) >= 11 is 0. The molecule has 0 aliphatic carbocycles. The number of carbonyl (C=O) groups excluding carboxylic acids is 2. The molecule has 11 heteroatoms. The minimum atomic E-state index is -0.798. The molecule has 0 spiro atoms. The number of pyridine rings is 1. The molecule has 2 amide bonds. The van der Waals surface area contributed by atoms with Gasteiger partial charge in [-0.2, -0.15) is 0 Å². The monoisotopic (exact) mass is 563 g/mol. The van der Waals surface area contributed by atoms with Gasteiger partial charge in [0.05, 0.1) is 22.6 Å². The Hall–Kier alpha value is -4.54. The van der Waals surface area contributed by atoms with Crippen LogP contribution in [0.25, 0.3) is 11.3 Å². The zero-order valence-corrected chi connectivity index (χ0v) is 23.9. The van der Waals surface area contributed by atoms with E-state index in [0.29, 0.717) is 48.7 Å². The highest BCUT2D eigenvalue weighted by Crippen LogP contribution is 2.36. The summed E-state index contributed by atoms with van der Waals surface area (Å²) in [7, 11) is 1.55. The van der Waals surface area contributed by atoms with E-state index in [-0.39, 0.29) is 41.1 Å². The van der Waals surface area contributed by atoms with Gasteiger partial charge < -0.3 is 10.2 Å². The van der Waals surface area contributed by atoms with Gasteiger partial charge in [-0.05, 0) is 44.4 Å². The molecule has 3 aromatic rings. The van der Waals surface area contributed by atoms with Crippen molar-refractivity contribution in [3.8, 4) is 11.3 Å². The van der Waals surface area contributed by atoms with Crippen molar-refractivity contribution in [2.75, 3.05) is 25.0 Å². The van der Waals surface area contributed by atoms with Gasteiger partial charge in [0.15, 0.2) is 5.82 Å². The van der Waals surface area contributed by atoms with Crippen LogP contribution in [-0.2, 0) is 9.59 Å². The lowest BCUT2D eigenvalue weighted by atomic mass is 10.0. The van der Waals surface area contributed by atoms with E-state index in [0.717, 1.165) is 0 Å². The molecule has 1 unspecified atom stereocenters. The maximum absolute atomic E-state index is 15.9. The number of amidine groups is 1. The van der Waals surface area contributed by atoms with Crippen LogP contribution in [0.5, 0.6) is 0 Å². The number of amides is 2. The first-order chi connectivity index (χ1) is 19.7. The molecule has 0 bridgehead atoms. The van der Waals surface area contributed by atoms with Crippen molar-refractivity contribution < 1.29 is 18.4 Å². The number of nitrogens with zero attached hydrogens (tertiary/aromatic N) is 6. The van der Waals surface area contributed by atoms with Crippen LogP contribution in [0, 0.1) is 18.6 Å².